The van der Waals surface area contributed by atoms with Crippen LogP contribution in [0.25, 0.3) is 0 Å². The Balaban J connectivity index is 2.49. The highest BCUT2D eigenvalue weighted by Gasteiger charge is 2.21. The normalized spacial score (nSPS) is 19.6. The summed E-state index contributed by atoms with van der Waals surface area (Å²) in [6, 6.07) is 6.01. The third-order valence-electron chi connectivity index (χ3n) is 2.20. The average Bonchev–Trinajstić information content (AvgIpc) is 2.20. The lowest BCUT2D eigenvalue weighted by molar-refractivity contribution is 0.554. The molecule has 0 spiro atoms. The van der Waals surface area contributed by atoms with Crippen molar-refractivity contribution in [3.05, 3.63) is 28.2 Å². The first-order valence-electron chi connectivity index (χ1n) is 4.31. The topological polar surface area (TPSA) is 29.4 Å². The molecule has 0 fully saturated rings. The highest BCUT2D eigenvalue weighted by Crippen LogP contribution is 2.41. The molecule has 1 aromatic rings. The highest BCUT2D eigenvalue weighted by molar-refractivity contribution is 9.10. The predicted molar refractivity (Wildman–Crippen MR) is 60.3 cm³/mol. The van der Waals surface area contributed by atoms with Crippen molar-refractivity contribution in [3.63, 3.8) is 0 Å². The molecule has 1 aromatic carbocycles. The fraction of sp³-hybridized carbons (Fsp3) is 0.300. The minimum absolute atomic E-state index is 0.00116. The summed E-state index contributed by atoms with van der Waals surface area (Å²) in [6.45, 7) is 0. The maximum Gasteiger partial charge on any atom is 0.235 e. The second-order valence-corrected chi connectivity index (χ2v) is 4.99. The van der Waals surface area contributed by atoms with E-state index in [2.05, 4.69) is 20.9 Å². The maximum absolute atomic E-state index is 10.3. The van der Waals surface area contributed by atoms with Gasteiger partial charge in [0.05, 0.1) is 6.04 Å². The molecule has 0 saturated heterocycles. The molecular formula is C10H8BrNOS. The monoisotopic (exact) mass is 269 g/mol. The van der Waals surface area contributed by atoms with Crippen molar-refractivity contribution in [3.8, 4) is 0 Å². The number of benzene rings is 1. The second kappa shape index (κ2) is 4.30. The van der Waals surface area contributed by atoms with Crippen molar-refractivity contribution in [2.45, 2.75) is 17.4 Å². The van der Waals surface area contributed by atoms with E-state index in [0.29, 0.717) is 0 Å². The van der Waals surface area contributed by atoms with Crippen LogP contribution in [0.3, 0.4) is 0 Å². The van der Waals surface area contributed by atoms with Gasteiger partial charge in [0.25, 0.3) is 0 Å². The van der Waals surface area contributed by atoms with Gasteiger partial charge in [0.1, 0.15) is 0 Å². The minimum atomic E-state index is 0.00116. The molecule has 0 saturated carbocycles. The molecule has 1 atom stereocenters. The molecule has 1 aliphatic heterocycles. The molecule has 0 aliphatic carbocycles. The molecule has 4 heteroatoms. The Bertz CT molecular complexity index is 401. The zero-order valence-electron chi connectivity index (χ0n) is 7.37. The smallest absolute Gasteiger partial charge is 0.211 e. The third-order valence-corrected chi connectivity index (χ3v) is 4.31. The largest absolute Gasteiger partial charge is 0.235 e. The number of carbonyl (C=O) groups excluding carboxylic acids is 1. The summed E-state index contributed by atoms with van der Waals surface area (Å²) < 4.78 is 1.09. The number of nitrogens with zero attached hydrogens (tertiary/aromatic N) is 1. The van der Waals surface area contributed by atoms with Crippen molar-refractivity contribution in [2.75, 3.05) is 5.75 Å². The standard InChI is InChI=1S/C10H8BrNOS/c11-8-3-1-2-7-9(12-6-13)4-5-14-10(7)8/h1-3,9H,4-5H2. The van der Waals surface area contributed by atoms with Gasteiger partial charge in [0, 0.05) is 15.1 Å². The van der Waals surface area contributed by atoms with Crippen LogP contribution in [-0.4, -0.2) is 11.8 Å². The number of hydrogen-bond donors (Lipinski definition) is 0. The van der Waals surface area contributed by atoms with Crippen LogP contribution in [0.15, 0.2) is 32.6 Å². The molecule has 0 amide bonds. The van der Waals surface area contributed by atoms with Gasteiger partial charge in [-0.2, -0.15) is 4.99 Å². The molecule has 2 rings (SSSR count). The summed E-state index contributed by atoms with van der Waals surface area (Å²) in [6.07, 6.45) is 2.57. The van der Waals surface area contributed by atoms with E-state index >= 15 is 0 Å². The molecule has 0 radical (unpaired) electrons. The second-order valence-electron chi connectivity index (χ2n) is 3.03. The summed E-state index contributed by atoms with van der Waals surface area (Å²) in [5, 5.41) is 0. The van der Waals surface area contributed by atoms with Gasteiger partial charge in [-0.05, 0) is 34.0 Å². The van der Waals surface area contributed by atoms with E-state index in [4.69, 9.17) is 0 Å². The lowest BCUT2D eigenvalue weighted by Crippen LogP contribution is -2.05. The Morgan fingerprint density at radius 1 is 1.57 bits per heavy atom. The fourth-order valence-electron chi connectivity index (χ4n) is 1.57. The number of aliphatic imine (C=N–C) groups is 1. The number of rotatable bonds is 1. The Kier molecular flexibility index (Phi) is 3.06. The molecule has 72 valence electrons. The number of thioether (sulfide) groups is 1. The molecule has 0 bridgehead atoms. The first kappa shape index (κ1) is 9.97. The molecule has 1 aliphatic rings. The summed E-state index contributed by atoms with van der Waals surface area (Å²) in [4.78, 5) is 15.3. The van der Waals surface area contributed by atoms with Crippen molar-refractivity contribution in [2.24, 2.45) is 4.99 Å². The Labute approximate surface area is 94.9 Å². The van der Waals surface area contributed by atoms with Crippen LogP contribution in [0.5, 0.6) is 0 Å². The Morgan fingerprint density at radius 3 is 3.21 bits per heavy atom. The number of halogens is 1. The van der Waals surface area contributed by atoms with Crippen molar-refractivity contribution in [1.29, 1.82) is 0 Å². The number of hydrogen-bond acceptors (Lipinski definition) is 3. The predicted octanol–water partition coefficient (Wildman–Crippen LogP) is 3.32. The van der Waals surface area contributed by atoms with Crippen LogP contribution in [-0.2, 0) is 4.79 Å². The molecule has 1 heterocycles. The average molecular weight is 270 g/mol. The first-order chi connectivity index (χ1) is 6.83. The van der Waals surface area contributed by atoms with Crippen LogP contribution < -0.4 is 0 Å². The fourth-order valence-corrected chi connectivity index (χ4v) is 3.41. The van der Waals surface area contributed by atoms with Crippen LogP contribution in [0.4, 0.5) is 0 Å². The van der Waals surface area contributed by atoms with E-state index in [1.165, 1.54) is 4.90 Å². The molecule has 2 nitrogen and oxygen atoms in total. The van der Waals surface area contributed by atoms with Gasteiger partial charge >= 0.3 is 0 Å². The van der Waals surface area contributed by atoms with Gasteiger partial charge < -0.3 is 0 Å². The lowest BCUT2D eigenvalue weighted by atomic mass is 10.0. The Morgan fingerprint density at radius 2 is 2.43 bits per heavy atom. The van der Waals surface area contributed by atoms with E-state index in [-0.39, 0.29) is 6.04 Å². The maximum atomic E-state index is 10.3. The van der Waals surface area contributed by atoms with Gasteiger partial charge in [-0.1, -0.05) is 12.1 Å². The van der Waals surface area contributed by atoms with E-state index in [1.54, 1.807) is 6.08 Å². The van der Waals surface area contributed by atoms with Crippen molar-refractivity contribution >= 4 is 33.8 Å². The van der Waals surface area contributed by atoms with Gasteiger partial charge in [-0.25, -0.2) is 4.79 Å². The van der Waals surface area contributed by atoms with Crippen LogP contribution in [0, 0.1) is 0 Å². The summed E-state index contributed by atoms with van der Waals surface area (Å²) in [5.74, 6) is 1.01. The van der Waals surface area contributed by atoms with Gasteiger partial charge in [-0.3, -0.25) is 0 Å². The van der Waals surface area contributed by atoms with Gasteiger partial charge in [0.2, 0.25) is 6.08 Å². The van der Waals surface area contributed by atoms with E-state index in [0.717, 1.165) is 22.2 Å². The minimum Gasteiger partial charge on any atom is -0.211 e. The number of fused-ring (bicyclic) bond motifs is 1. The highest BCUT2D eigenvalue weighted by atomic mass is 79.9. The SMILES string of the molecule is O=C=NC1CCSc2c(Br)cccc21. The van der Waals surface area contributed by atoms with Gasteiger partial charge in [0.15, 0.2) is 0 Å². The summed E-state index contributed by atoms with van der Waals surface area (Å²) >= 11 is 5.31. The van der Waals surface area contributed by atoms with E-state index < -0.39 is 0 Å². The van der Waals surface area contributed by atoms with Gasteiger partial charge in [-0.15, -0.1) is 11.8 Å². The number of isocyanates is 1. The molecule has 0 aromatic heterocycles. The van der Waals surface area contributed by atoms with Crippen LogP contribution >= 0.6 is 27.7 Å². The third kappa shape index (κ3) is 1.78. The molecule has 1 unspecified atom stereocenters. The van der Waals surface area contributed by atoms with E-state index in [1.807, 2.05) is 30.0 Å². The van der Waals surface area contributed by atoms with Crippen molar-refractivity contribution < 1.29 is 4.79 Å². The first-order valence-corrected chi connectivity index (χ1v) is 6.09. The van der Waals surface area contributed by atoms with Crippen LogP contribution in [0.1, 0.15) is 18.0 Å². The molecule has 14 heavy (non-hydrogen) atoms. The Hall–Kier alpha value is -0.570. The zero-order chi connectivity index (χ0) is 9.97. The zero-order valence-corrected chi connectivity index (χ0v) is 9.77. The summed E-state index contributed by atoms with van der Waals surface area (Å²) in [5.41, 5.74) is 1.14. The molecular weight excluding hydrogens is 262 g/mol. The molecule has 0 N–H and O–H groups in total. The van der Waals surface area contributed by atoms with E-state index in [9.17, 15) is 4.79 Å². The lowest BCUT2D eigenvalue weighted by Gasteiger charge is -2.21. The van der Waals surface area contributed by atoms with Crippen molar-refractivity contribution in [1.82, 2.24) is 0 Å². The quantitative estimate of drug-likeness (QED) is 0.578. The van der Waals surface area contributed by atoms with Crippen LogP contribution in [0.2, 0.25) is 0 Å². The summed E-state index contributed by atoms with van der Waals surface area (Å²) in [7, 11) is 0.